The first-order valence-corrected chi connectivity index (χ1v) is 4.56. The maximum Gasteiger partial charge on any atom is 0.0912 e. The second kappa shape index (κ2) is 2.24. The third-order valence-electron chi connectivity index (χ3n) is 4.19. The van der Waals surface area contributed by atoms with Gasteiger partial charge >= 0.3 is 0 Å². The molecule has 72 valence electrons. The molecule has 0 amide bonds. The van der Waals surface area contributed by atoms with Gasteiger partial charge in [0.25, 0.3) is 0 Å². The van der Waals surface area contributed by atoms with Crippen molar-refractivity contribution in [3.05, 3.63) is 0 Å². The van der Waals surface area contributed by atoms with Crippen molar-refractivity contribution in [1.29, 1.82) is 0 Å². The van der Waals surface area contributed by atoms with E-state index in [1.807, 2.05) is 12.1 Å². The Morgan fingerprint density at radius 1 is 0.917 bits per heavy atom. The molecule has 0 bridgehead atoms. The van der Waals surface area contributed by atoms with E-state index in [4.69, 9.17) is 4.84 Å². The Morgan fingerprint density at radius 2 is 1.33 bits per heavy atom. The van der Waals surface area contributed by atoms with Gasteiger partial charge in [-0.15, -0.1) is 0 Å². The van der Waals surface area contributed by atoms with Gasteiger partial charge in [0.2, 0.25) is 0 Å². The predicted molar refractivity (Wildman–Crippen MR) is 50.8 cm³/mol. The molecule has 0 aromatic heterocycles. The minimum atomic E-state index is -0.0781. The van der Waals surface area contributed by atoms with Crippen LogP contribution in [-0.2, 0) is 4.84 Å². The molecule has 0 radical (unpaired) electrons. The fourth-order valence-electron chi connectivity index (χ4n) is 1.70. The lowest BCUT2D eigenvalue weighted by Crippen LogP contribution is -2.48. The predicted octanol–water partition coefficient (Wildman–Crippen LogP) is 2.45. The monoisotopic (exact) mass is 171 g/mol. The van der Waals surface area contributed by atoms with Gasteiger partial charge in [-0.1, -0.05) is 13.8 Å². The summed E-state index contributed by atoms with van der Waals surface area (Å²) in [6, 6.07) is 0. The fourth-order valence-corrected chi connectivity index (χ4v) is 1.70. The quantitative estimate of drug-likeness (QED) is 0.555. The third kappa shape index (κ3) is 0.944. The van der Waals surface area contributed by atoms with E-state index in [9.17, 15) is 0 Å². The highest BCUT2D eigenvalue weighted by Gasteiger charge is 2.58. The minimum Gasteiger partial charge on any atom is -0.292 e. The second-order valence-corrected chi connectivity index (χ2v) is 5.28. The van der Waals surface area contributed by atoms with Crippen molar-refractivity contribution < 1.29 is 4.84 Å². The molecule has 0 N–H and O–H groups in total. The van der Waals surface area contributed by atoms with Gasteiger partial charge in [-0.2, -0.15) is 5.06 Å². The molecule has 1 aliphatic rings. The molecule has 0 aromatic rings. The molecule has 0 atom stereocenters. The molecule has 1 saturated heterocycles. The molecule has 0 unspecified atom stereocenters. The zero-order valence-corrected chi connectivity index (χ0v) is 9.36. The Labute approximate surface area is 75.8 Å². The van der Waals surface area contributed by atoms with Gasteiger partial charge in [-0.3, -0.25) is 4.84 Å². The Bertz CT molecular complexity index is 194. The van der Waals surface area contributed by atoms with Crippen LogP contribution in [0, 0.1) is 5.41 Å². The molecule has 2 heteroatoms. The molecular weight excluding hydrogens is 150 g/mol. The number of hydrogen-bond donors (Lipinski definition) is 0. The van der Waals surface area contributed by atoms with Gasteiger partial charge in [0, 0.05) is 18.0 Å². The lowest BCUT2D eigenvalue weighted by molar-refractivity contribution is -0.192. The normalized spacial score (nSPS) is 32.2. The highest BCUT2D eigenvalue weighted by molar-refractivity contribution is 5.05. The van der Waals surface area contributed by atoms with Crippen molar-refractivity contribution in [2.75, 3.05) is 7.05 Å². The summed E-state index contributed by atoms with van der Waals surface area (Å²) in [4.78, 5) is 5.81. The smallest absolute Gasteiger partial charge is 0.0912 e. The maximum absolute atomic E-state index is 5.81. The zero-order valence-electron chi connectivity index (χ0n) is 9.36. The Hall–Kier alpha value is -0.0800. The Balaban J connectivity index is 3.10. The van der Waals surface area contributed by atoms with Crippen LogP contribution < -0.4 is 0 Å². The standard InChI is InChI=1S/C10H21NO/c1-8(2)9(3,4)11(7)12-10(8,5)6/h1-7H3. The molecule has 2 nitrogen and oxygen atoms in total. The highest BCUT2D eigenvalue weighted by atomic mass is 16.7. The van der Waals surface area contributed by atoms with Crippen LogP contribution in [0.25, 0.3) is 0 Å². The van der Waals surface area contributed by atoms with E-state index in [-0.39, 0.29) is 16.6 Å². The Kier molecular flexibility index (Phi) is 1.86. The van der Waals surface area contributed by atoms with Gasteiger partial charge in [-0.25, -0.2) is 0 Å². The van der Waals surface area contributed by atoms with Gasteiger partial charge in [0.15, 0.2) is 0 Å². The maximum atomic E-state index is 5.81. The average molecular weight is 171 g/mol. The van der Waals surface area contributed by atoms with Crippen LogP contribution in [0.1, 0.15) is 41.5 Å². The summed E-state index contributed by atoms with van der Waals surface area (Å²) < 4.78 is 0. The first-order valence-electron chi connectivity index (χ1n) is 4.56. The van der Waals surface area contributed by atoms with Crippen molar-refractivity contribution in [2.45, 2.75) is 52.7 Å². The van der Waals surface area contributed by atoms with E-state index in [2.05, 4.69) is 41.5 Å². The summed E-state index contributed by atoms with van der Waals surface area (Å²) in [5, 5.41) is 1.98. The largest absolute Gasteiger partial charge is 0.292 e. The number of rotatable bonds is 0. The molecule has 1 aliphatic heterocycles. The van der Waals surface area contributed by atoms with Crippen molar-refractivity contribution in [2.24, 2.45) is 5.41 Å². The van der Waals surface area contributed by atoms with E-state index < -0.39 is 0 Å². The van der Waals surface area contributed by atoms with Gasteiger partial charge in [0.05, 0.1) is 5.60 Å². The topological polar surface area (TPSA) is 12.5 Å². The van der Waals surface area contributed by atoms with Crippen LogP contribution in [0.4, 0.5) is 0 Å². The molecule has 1 heterocycles. The summed E-state index contributed by atoms with van der Waals surface area (Å²) in [5.74, 6) is 0. The summed E-state index contributed by atoms with van der Waals surface area (Å²) in [6.07, 6.45) is 0. The molecule has 0 aliphatic carbocycles. The third-order valence-corrected chi connectivity index (χ3v) is 4.19. The van der Waals surface area contributed by atoms with Crippen molar-refractivity contribution in [3.63, 3.8) is 0 Å². The number of nitrogens with zero attached hydrogens (tertiary/aromatic N) is 1. The molecular formula is C10H21NO. The van der Waals surface area contributed by atoms with Crippen LogP contribution in [0.3, 0.4) is 0 Å². The first kappa shape index (κ1) is 10.0. The van der Waals surface area contributed by atoms with Gasteiger partial charge < -0.3 is 0 Å². The van der Waals surface area contributed by atoms with Gasteiger partial charge in [0.1, 0.15) is 0 Å². The summed E-state index contributed by atoms with van der Waals surface area (Å²) >= 11 is 0. The van der Waals surface area contributed by atoms with E-state index >= 15 is 0 Å². The van der Waals surface area contributed by atoms with Crippen LogP contribution in [0.2, 0.25) is 0 Å². The van der Waals surface area contributed by atoms with E-state index in [0.717, 1.165) is 0 Å². The molecule has 0 saturated carbocycles. The molecule has 1 fully saturated rings. The summed E-state index contributed by atoms with van der Waals surface area (Å²) in [7, 11) is 2.01. The van der Waals surface area contributed by atoms with Crippen LogP contribution >= 0.6 is 0 Å². The number of hydrogen-bond acceptors (Lipinski definition) is 2. The van der Waals surface area contributed by atoms with E-state index in [1.165, 1.54) is 0 Å². The molecule has 0 aromatic carbocycles. The van der Waals surface area contributed by atoms with Crippen LogP contribution in [-0.4, -0.2) is 23.3 Å². The highest BCUT2D eigenvalue weighted by Crippen LogP contribution is 2.51. The van der Waals surface area contributed by atoms with E-state index in [1.54, 1.807) is 0 Å². The lowest BCUT2D eigenvalue weighted by Gasteiger charge is -2.40. The lowest BCUT2D eigenvalue weighted by atomic mass is 9.66. The summed E-state index contributed by atoms with van der Waals surface area (Å²) in [5.41, 5.74) is 0.177. The van der Waals surface area contributed by atoms with Crippen molar-refractivity contribution in [3.8, 4) is 0 Å². The van der Waals surface area contributed by atoms with Crippen molar-refractivity contribution in [1.82, 2.24) is 5.06 Å². The minimum absolute atomic E-state index is 0.0781. The second-order valence-electron chi connectivity index (χ2n) is 5.28. The zero-order chi connectivity index (χ0) is 9.78. The SMILES string of the molecule is CN1OC(C)(C)C(C)(C)C1(C)C. The Morgan fingerprint density at radius 3 is 1.42 bits per heavy atom. The summed E-state index contributed by atoms with van der Waals surface area (Å²) in [6.45, 7) is 13.3. The molecule has 0 spiro atoms. The van der Waals surface area contributed by atoms with Crippen LogP contribution in [0.5, 0.6) is 0 Å². The molecule has 1 rings (SSSR count). The molecule has 12 heavy (non-hydrogen) atoms. The fraction of sp³-hybridized carbons (Fsp3) is 1.00. The van der Waals surface area contributed by atoms with Crippen LogP contribution in [0.15, 0.2) is 0 Å². The number of hydroxylamine groups is 2. The average Bonchev–Trinajstić information content (AvgIpc) is 1.92. The van der Waals surface area contributed by atoms with Gasteiger partial charge in [-0.05, 0) is 27.7 Å². The van der Waals surface area contributed by atoms with E-state index in [0.29, 0.717) is 0 Å². The van der Waals surface area contributed by atoms with Crippen molar-refractivity contribution >= 4 is 0 Å². The first-order chi connectivity index (χ1) is 5.13.